The quantitative estimate of drug-likeness (QED) is 0.881. The van der Waals surface area contributed by atoms with Crippen LogP contribution in [0.25, 0.3) is 0 Å². The van der Waals surface area contributed by atoms with Gasteiger partial charge in [0.1, 0.15) is 5.01 Å². The molecule has 1 N–H and O–H groups in total. The fourth-order valence-electron chi connectivity index (χ4n) is 2.66. The predicted octanol–water partition coefficient (Wildman–Crippen LogP) is 3.82. The molecule has 0 radical (unpaired) electrons. The highest BCUT2D eigenvalue weighted by molar-refractivity contribution is 7.11. The molecule has 1 saturated carbocycles. The summed E-state index contributed by atoms with van der Waals surface area (Å²) < 4.78 is 0. The summed E-state index contributed by atoms with van der Waals surface area (Å²) in [5.74, 6) is 0.880. The Morgan fingerprint density at radius 3 is 2.59 bits per heavy atom. The van der Waals surface area contributed by atoms with Gasteiger partial charge in [0, 0.05) is 17.5 Å². The van der Waals surface area contributed by atoms with E-state index in [9.17, 15) is 0 Å². The van der Waals surface area contributed by atoms with Gasteiger partial charge in [0.2, 0.25) is 0 Å². The van der Waals surface area contributed by atoms with Crippen molar-refractivity contribution >= 4 is 11.3 Å². The Kier molecular flexibility index (Phi) is 4.57. The summed E-state index contributed by atoms with van der Waals surface area (Å²) in [6, 6.07) is 0.639. The number of nitrogens with zero attached hydrogens (tertiary/aromatic N) is 1. The first-order chi connectivity index (χ1) is 8.16. The summed E-state index contributed by atoms with van der Waals surface area (Å²) in [5, 5.41) is 4.90. The summed E-state index contributed by atoms with van der Waals surface area (Å²) in [7, 11) is 0. The maximum Gasteiger partial charge on any atom is 0.107 e. The van der Waals surface area contributed by atoms with Crippen molar-refractivity contribution in [2.45, 2.75) is 65.5 Å². The largest absolute Gasteiger partial charge is 0.308 e. The second-order valence-corrected chi connectivity index (χ2v) is 6.60. The standard InChI is InChI=1S/C14H24N2S/c1-10-12(3)17-14(16-10)9-15-11(2)13-7-5-4-6-8-13/h11,13,15H,4-9H2,1-3H3/t11-/m0/s1. The molecule has 17 heavy (non-hydrogen) atoms. The molecule has 0 spiro atoms. The molecular formula is C14H24N2S. The Labute approximate surface area is 109 Å². The van der Waals surface area contributed by atoms with Gasteiger partial charge in [-0.3, -0.25) is 0 Å². The Morgan fingerprint density at radius 1 is 1.29 bits per heavy atom. The zero-order valence-electron chi connectivity index (χ0n) is 11.3. The van der Waals surface area contributed by atoms with E-state index in [-0.39, 0.29) is 0 Å². The van der Waals surface area contributed by atoms with E-state index in [1.54, 1.807) is 0 Å². The molecule has 1 fully saturated rings. The van der Waals surface area contributed by atoms with E-state index >= 15 is 0 Å². The minimum absolute atomic E-state index is 0.639. The van der Waals surface area contributed by atoms with Gasteiger partial charge in [0.25, 0.3) is 0 Å². The first-order valence-corrected chi connectivity index (χ1v) is 7.64. The van der Waals surface area contributed by atoms with Gasteiger partial charge in [-0.2, -0.15) is 0 Å². The Morgan fingerprint density at radius 2 is 2.00 bits per heavy atom. The van der Waals surface area contributed by atoms with Crippen LogP contribution in [0.3, 0.4) is 0 Å². The van der Waals surface area contributed by atoms with Crippen molar-refractivity contribution in [3.63, 3.8) is 0 Å². The highest BCUT2D eigenvalue weighted by atomic mass is 32.1. The molecule has 96 valence electrons. The van der Waals surface area contributed by atoms with Crippen LogP contribution in [0, 0.1) is 19.8 Å². The van der Waals surface area contributed by atoms with E-state index in [4.69, 9.17) is 0 Å². The first-order valence-electron chi connectivity index (χ1n) is 6.83. The van der Waals surface area contributed by atoms with E-state index in [0.717, 1.165) is 12.5 Å². The third-order valence-electron chi connectivity index (χ3n) is 4.01. The lowest BCUT2D eigenvalue weighted by Crippen LogP contribution is -2.34. The average Bonchev–Trinajstić information content (AvgIpc) is 2.67. The van der Waals surface area contributed by atoms with E-state index in [0.29, 0.717) is 6.04 Å². The summed E-state index contributed by atoms with van der Waals surface area (Å²) in [6.45, 7) is 7.53. The predicted molar refractivity (Wildman–Crippen MR) is 74.5 cm³/mol. The number of aromatic nitrogens is 1. The van der Waals surface area contributed by atoms with Crippen molar-refractivity contribution in [3.05, 3.63) is 15.6 Å². The van der Waals surface area contributed by atoms with Crippen molar-refractivity contribution in [3.8, 4) is 0 Å². The molecule has 2 nitrogen and oxygen atoms in total. The van der Waals surface area contributed by atoms with Crippen LogP contribution in [0.1, 0.15) is 54.6 Å². The fraction of sp³-hybridized carbons (Fsp3) is 0.786. The third-order valence-corrected chi connectivity index (χ3v) is 5.08. The maximum absolute atomic E-state index is 4.58. The molecule has 1 atom stereocenters. The lowest BCUT2D eigenvalue weighted by atomic mass is 9.84. The monoisotopic (exact) mass is 252 g/mol. The lowest BCUT2D eigenvalue weighted by molar-refractivity contribution is 0.280. The summed E-state index contributed by atoms with van der Waals surface area (Å²) in [6.07, 6.45) is 7.10. The third kappa shape index (κ3) is 3.52. The van der Waals surface area contributed by atoms with Gasteiger partial charge in [0.15, 0.2) is 0 Å². The van der Waals surface area contributed by atoms with E-state index in [1.165, 1.54) is 47.7 Å². The minimum Gasteiger partial charge on any atom is -0.308 e. The molecule has 0 unspecified atom stereocenters. The highest BCUT2D eigenvalue weighted by Crippen LogP contribution is 2.26. The Balaban J connectivity index is 1.80. The number of thiazole rings is 1. The van der Waals surface area contributed by atoms with Crippen molar-refractivity contribution in [1.82, 2.24) is 10.3 Å². The topological polar surface area (TPSA) is 24.9 Å². The van der Waals surface area contributed by atoms with E-state index < -0.39 is 0 Å². The zero-order chi connectivity index (χ0) is 12.3. The van der Waals surface area contributed by atoms with E-state index in [2.05, 4.69) is 31.1 Å². The van der Waals surface area contributed by atoms with Gasteiger partial charge in [0.05, 0.1) is 5.69 Å². The second kappa shape index (κ2) is 5.96. The van der Waals surface area contributed by atoms with Crippen molar-refractivity contribution in [2.75, 3.05) is 0 Å². The summed E-state index contributed by atoms with van der Waals surface area (Å²) >= 11 is 1.83. The van der Waals surface area contributed by atoms with Crippen molar-refractivity contribution in [1.29, 1.82) is 0 Å². The molecule has 0 aromatic carbocycles. The van der Waals surface area contributed by atoms with Gasteiger partial charge in [-0.05, 0) is 39.5 Å². The molecule has 1 heterocycles. The van der Waals surface area contributed by atoms with Crippen LogP contribution in [-0.4, -0.2) is 11.0 Å². The molecule has 3 heteroatoms. The van der Waals surface area contributed by atoms with Crippen LogP contribution in [0.15, 0.2) is 0 Å². The lowest BCUT2D eigenvalue weighted by Gasteiger charge is -2.28. The van der Waals surface area contributed by atoms with Crippen LogP contribution in [-0.2, 0) is 6.54 Å². The number of nitrogens with one attached hydrogen (secondary N) is 1. The van der Waals surface area contributed by atoms with Gasteiger partial charge >= 0.3 is 0 Å². The number of hydrogen-bond acceptors (Lipinski definition) is 3. The average molecular weight is 252 g/mol. The van der Waals surface area contributed by atoms with Gasteiger partial charge in [-0.1, -0.05) is 19.3 Å². The normalized spacial score (nSPS) is 19.5. The van der Waals surface area contributed by atoms with Crippen LogP contribution >= 0.6 is 11.3 Å². The highest BCUT2D eigenvalue weighted by Gasteiger charge is 2.19. The summed E-state index contributed by atoms with van der Waals surface area (Å²) in [4.78, 5) is 5.94. The first kappa shape index (κ1) is 13.0. The Bertz CT molecular complexity index is 334. The molecule has 0 aliphatic heterocycles. The second-order valence-electron chi connectivity index (χ2n) is 5.32. The zero-order valence-corrected chi connectivity index (χ0v) is 12.1. The SMILES string of the molecule is Cc1nc(CN[C@@H](C)C2CCCCC2)sc1C. The molecule has 0 amide bonds. The smallest absolute Gasteiger partial charge is 0.107 e. The maximum atomic E-state index is 4.58. The number of hydrogen-bond donors (Lipinski definition) is 1. The van der Waals surface area contributed by atoms with Gasteiger partial charge in [-0.25, -0.2) is 4.98 Å². The molecule has 1 aliphatic rings. The number of aryl methyl sites for hydroxylation is 2. The minimum atomic E-state index is 0.639. The molecular weight excluding hydrogens is 228 g/mol. The number of rotatable bonds is 4. The van der Waals surface area contributed by atoms with Gasteiger partial charge < -0.3 is 5.32 Å². The molecule has 1 aromatic heterocycles. The van der Waals surface area contributed by atoms with Crippen LogP contribution in [0.5, 0.6) is 0 Å². The Hall–Kier alpha value is -0.410. The molecule has 0 saturated heterocycles. The summed E-state index contributed by atoms with van der Waals surface area (Å²) in [5.41, 5.74) is 1.19. The van der Waals surface area contributed by atoms with Crippen molar-refractivity contribution in [2.24, 2.45) is 5.92 Å². The molecule has 1 aliphatic carbocycles. The van der Waals surface area contributed by atoms with Gasteiger partial charge in [-0.15, -0.1) is 11.3 Å². The van der Waals surface area contributed by atoms with Crippen LogP contribution in [0.4, 0.5) is 0 Å². The molecule has 2 rings (SSSR count). The fourth-order valence-corrected chi connectivity index (χ4v) is 3.55. The molecule has 0 bridgehead atoms. The molecule has 1 aromatic rings. The van der Waals surface area contributed by atoms with E-state index in [1.807, 2.05) is 11.3 Å². The van der Waals surface area contributed by atoms with Crippen LogP contribution in [0.2, 0.25) is 0 Å². The van der Waals surface area contributed by atoms with Crippen LogP contribution < -0.4 is 5.32 Å². The van der Waals surface area contributed by atoms with Crippen molar-refractivity contribution < 1.29 is 0 Å².